The van der Waals surface area contributed by atoms with E-state index in [4.69, 9.17) is 4.74 Å². The molecule has 0 aliphatic carbocycles. The normalized spacial score (nSPS) is 9.31. The lowest BCUT2D eigenvalue weighted by atomic mass is 10.2. The fourth-order valence-corrected chi connectivity index (χ4v) is 0.989. The molecule has 0 saturated carbocycles. The minimum Gasteiger partial charge on any atom is -0.444 e. The topological polar surface area (TPSA) is 38.3 Å². The average Bonchev–Trinajstić information content (AvgIpc) is 2.27. The number of alkyl carbamates (subject to hydrolysis) is 1. The van der Waals surface area contributed by atoms with Crippen LogP contribution in [0.2, 0.25) is 0 Å². The van der Waals surface area contributed by atoms with Gasteiger partial charge in [0.2, 0.25) is 0 Å². The number of nitrogens with one attached hydrogen (secondary N) is 1. The Balaban J connectivity index is 2.36. The number of hydrogen-bond acceptors (Lipinski definition) is 2. The van der Waals surface area contributed by atoms with Gasteiger partial charge < -0.3 is 4.74 Å². The van der Waals surface area contributed by atoms with Crippen LogP contribution < -0.4 is 5.32 Å². The zero-order valence-corrected chi connectivity index (χ0v) is 9.32. The van der Waals surface area contributed by atoms with E-state index in [1.54, 1.807) is 6.92 Å². The first-order chi connectivity index (χ1) is 7.59. The zero-order chi connectivity index (χ0) is 12.0. The van der Waals surface area contributed by atoms with Crippen LogP contribution in [0, 0.1) is 0 Å². The second kappa shape index (κ2) is 5.75. The van der Waals surface area contributed by atoms with Crippen LogP contribution in [0.4, 0.5) is 4.79 Å². The van der Waals surface area contributed by atoms with E-state index in [1.165, 1.54) is 0 Å². The molecule has 1 amide bonds. The zero-order valence-electron chi connectivity index (χ0n) is 9.32. The highest BCUT2D eigenvalue weighted by Crippen LogP contribution is 2.02. The summed E-state index contributed by atoms with van der Waals surface area (Å²) in [6.07, 6.45) is -0.517. The molecule has 0 radical (unpaired) electrons. The summed E-state index contributed by atoms with van der Waals surface area (Å²) in [5, 5.41) is 2.49. The Morgan fingerprint density at radius 3 is 2.50 bits per heavy atom. The van der Waals surface area contributed by atoms with E-state index in [0.29, 0.717) is 11.3 Å². The SMILES string of the molecule is C=C(C)C(=C)NC(=O)OCc1ccccc1. The molecule has 0 unspecified atom stereocenters. The van der Waals surface area contributed by atoms with Crippen LogP contribution >= 0.6 is 0 Å². The van der Waals surface area contributed by atoms with Crippen LogP contribution in [0.1, 0.15) is 12.5 Å². The van der Waals surface area contributed by atoms with Crippen LogP contribution in [0.3, 0.4) is 0 Å². The molecule has 0 heterocycles. The standard InChI is InChI=1S/C13H15NO2/c1-10(2)11(3)14-13(15)16-9-12-7-5-4-6-8-12/h4-8H,1,3,9H2,2H3,(H,14,15). The number of ether oxygens (including phenoxy) is 1. The van der Waals surface area contributed by atoms with Crippen molar-refractivity contribution in [3.05, 3.63) is 60.3 Å². The van der Waals surface area contributed by atoms with Gasteiger partial charge in [-0.05, 0) is 18.1 Å². The highest BCUT2D eigenvalue weighted by Gasteiger charge is 2.04. The molecule has 1 aromatic rings. The molecular formula is C13H15NO2. The summed E-state index contributed by atoms with van der Waals surface area (Å²) < 4.78 is 5.00. The fraction of sp³-hybridized carbons (Fsp3) is 0.154. The Kier molecular flexibility index (Phi) is 4.33. The molecule has 0 atom stereocenters. The molecule has 3 heteroatoms. The molecule has 0 bridgehead atoms. The van der Waals surface area contributed by atoms with Crippen LogP contribution in [-0.4, -0.2) is 6.09 Å². The number of carbonyl (C=O) groups is 1. The van der Waals surface area contributed by atoms with Gasteiger partial charge in [-0.15, -0.1) is 0 Å². The van der Waals surface area contributed by atoms with E-state index in [-0.39, 0.29) is 6.61 Å². The van der Waals surface area contributed by atoms with Gasteiger partial charge in [0.1, 0.15) is 6.61 Å². The summed E-state index contributed by atoms with van der Waals surface area (Å²) in [7, 11) is 0. The number of carbonyl (C=O) groups excluding carboxylic acids is 1. The lowest BCUT2D eigenvalue weighted by Crippen LogP contribution is -2.23. The van der Waals surface area contributed by atoms with E-state index in [2.05, 4.69) is 18.5 Å². The minimum atomic E-state index is -0.517. The Morgan fingerprint density at radius 1 is 1.31 bits per heavy atom. The highest BCUT2D eigenvalue weighted by molar-refractivity contribution is 5.70. The third-order valence-corrected chi connectivity index (χ3v) is 1.98. The summed E-state index contributed by atoms with van der Waals surface area (Å²) >= 11 is 0. The minimum absolute atomic E-state index is 0.246. The Hall–Kier alpha value is -2.03. The number of hydrogen-bond donors (Lipinski definition) is 1. The predicted molar refractivity (Wildman–Crippen MR) is 63.7 cm³/mol. The lowest BCUT2D eigenvalue weighted by Gasteiger charge is -2.08. The van der Waals surface area contributed by atoms with Crippen molar-refractivity contribution in [1.82, 2.24) is 5.32 Å². The molecule has 0 aliphatic rings. The molecule has 3 nitrogen and oxygen atoms in total. The molecule has 1 N–H and O–H groups in total. The molecule has 16 heavy (non-hydrogen) atoms. The number of benzene rings is 1. The van der Waals surface area contributed by atoms with Crippen molar-refractivity contribution in [2.45, 2.75) is 13.5 Å². The van der Waals surface area contributed by atoms with E-state index in [0.717, 1.165) is 5.56 Å². The van der Waals surface area contributed by atoms with Gasteiger partial charge in [0.05, 0.1) is 0 Å². The van der Waals surface area contributed by atoms with Gasteiger partial charge >= 0.3 is 6.09 Å². The van der Waals surface area contributed by atoms with E-state index in [1.807, 2.05) is 30.3 Å². The third kappa shape index (κ3) is 4.00. The molecule has 0 fully saturated rings. The van der Waals surface area contributed by atoms with E-state index < -0.39 is 6.09 Å². The van der Waals surface area contributed by atoms with Gasteiger partial charge in [0.25, 0.3) is 0 Å². The first-order valence-corrected chi connectivity index (χ1v) is 4.92. The molecule has 0 aliphatic heterocycles. The van der Waals surface area contributed by atoms with Crippen LogP contribution in [0.15, 0.2) is 54.8 Å². The molecular weight excluding hydrogens is 202 g/mol. The molecule has 1 aromatic carbocycles. The van der Waals surface area contributed by atoms with Crippen molar-refractivity contribution in [3.63, 3.8) is 0 Å². The number of rotatable bonds is 4. The Bertz CT molecular complexity index is 396. The maximum absolute atomic E-state index is 11.3. The van der Waals surface area contributed by atoms with Crippen molar-refractivity contribution in [2.24, 2.45) is 0 Å². The largest absolute Gasteiger partial charge is 0.444 e. The summed E-state index contributed by atoms with van der Waals surface area (Å²) in [4.78, 5) is 11.3. The van der Waals surface area contributed by atoms with E-state index >= 15 is 0 Å². The summed E-state index contributed by atoms with van der Waals surface area (Å²) in [6.45, 7) is 9.30. The van der Waals surface area contributed by atoms with Gasteiger partial charge in [0.15, 0.2) is 0 Å². The third-order valence-electron chi connectivity index (χ3n) is 1.98. The van der Waals surface area contributed by atoms with Crippen molar-refractivity contribution >= 4 is 6.09 Å². The maximum atomic E-state index is 11.3. The van der Waals surface area contributed by atoms with Crippen molar-refractivity contribution < 1.29 is 9.53 Å². The van der Waals surface area contributed by atoms with Crippen LogP contribution in [0.5, 0.6) is 0 Å². The highest BCUT2D eigenvalue weighted by atomic mass is 16.5. The van der Waals surface area contributed by atoms with Gasteiger partial charge in [-0.3, -0.25) is 5.32 Å². The monoisotopic (exact) mass is 217 g/mol. The molecule has 0 aromatic heterocycles. The summed E-state index contributed by atoms with van der Waals surface area (Å²) in [6, 6.07) is 9.47. The van der Waals surface area contributed by atoms with Crippen molar-refractivity contribution in [1.29, 1.82) is 0 Å². The molecule has 0 saturated heterocycles. The molecule has 1 rings (SSSR count). The molecule has 84 valence electrons. The van der Waals surface area contributed by atoms with Gasteiger partial charge in [-0.25, -0.2) is 4.79 Å². The summed E-state index contributed by atoms with van der Waals surface area (Å²) in [5.74, 6) is 0. The number of amides is 1. The van der Waals surface area contributed by atoms with Gasteiger partial charge in [0, 0.05) is 5.70 Å². The first-order valence-electron chi connectivity index (χ1n) is 4.92. The number of allylic oxidation sites excluding steroid dienone is 1. The molecule has 0 spiro atoms. The second-order valence-electron chi connectivity index (χ2n) is 3.45. The van der Waals surface area contributed by atoms with Crippen LogP contribution in [0.25, 0.3) is 0 Å². The predicted octanol–water partition coefficient (Wildman–Crippen LogP) is 3.00. The quantitative estimate of drug-likeness (QED) is 0.787. The smallest absolute Gasteiger partial charge is 0.411 e. The van der Waals surface area contributed by atoms with Gasteiger partial charge in [-0.2, -0.15) is 0 Å². The maximum Gasteiger partial charge on any atom is 0.411 e. The Labute approximate surface area is 95.4 Å². The van der Waals surface area contributed by atoms with E-state index in [9.17, 15) is 4.79 Å². The first kappa shape index (κ1) is 12.0. The second-order valence-corrected chi connectivity index (χ2v) is 3.45. The van der Waals surface area contributed by atoms with Crippen LogP contribution in [-0.2, 0) is 11.3 Å². The van der Waals surface area contributed by atoms with Crippen molar-refractivity contribution in [2.75, 3.05) is 0 Å². The lowest BCUT2D eigenvalue weighted by molar-refractivity contribution is 0.143. The van der Waals surface area contributed by atoms with Gasteiger partial charge in [-0.1, -0.05) is 43.5 Å². The summed E-state index contributed by atoms with van der Waals surface area (Å²) in [5.41, 5.74) is 2.12. The Morgan fingerprint density at radius 2 is 1.94 bits per heavy atom. The average molecular weight is 217 g/mol. The fourth-order valence-electron chi connectivity index (χ4n) is 0.989. The van der Waals surface area contributed by atoms with Crippen molar-refractivity contribution in [3.8, 4) is 0 Å².